The van der Waals surface area contributed by atoms with Gasteiger partial charge in [0.15, 0.2) is 0 Å². The van der Waals surface area contributed by atoms with Crippen molar-refractivity contribution in [2.24, 2.45) is 5.92 Å². The first-order valence-corrected chi connectivity index (χ1v) is 6.68. The summed E-state index contributed by atoms with van der Waals surface area (Å²) in [6.45, 7) is 8.30. The summed E-state index contributed by atoms with van der Waals surface area (Å²) in [5.41, 5.74) is 1.15. The van der Waals surface area contributed by atoms with Gasteiger partial charge in [-0.2, -0.15) is 0 Å². The maximum atomic E-state index is 6.30. The van der Waals surface area contributed by atoms with E-state index >= 15 is 0 Å². The molecule has 1 aromatic heterocycles. The van der Waals surface area contributed by atoms with Gasteiger partial charge in [-0.25, -0.2) is 4.98 Å². The summed E-state index contributed by atoms with van der Waals surface area (Å²) in [4.78, 5) is 6.78. The molecule has 1 unspecified atom stereocenters. The summed E-state index contributed by atoms with van der Waals surface area (Å²) >= 11 is 6.30. The molecule has 0 amide bonds. The third-order valence-corrected chi connectivity index (χ3v) is 3.46. The number of hydrogen-bond acceptors (Lipinski definition) is 3. The zero-order chi connectivity index (χ0) is 12.3. The lowest BCUT2D eigenvalue weighted by atomic mass is 10.2. The summed E-state index contributed by atoms with van der Waals surface area (Å²) in [5.74, 6) is 1.69. The SMILES string of the molecule is CCNCc1cnc(N2CCC(C)C2)c(Cl)c1. The molecule has 2 rings (SSSR count). The lowest BCUT2D eigenvalue weighted by Crippen LogP contribution is -2.21. The molecular formula is C13H20ClN3. The van der Waals surface area contributed by atoms with Crippen molar-refractivity contribution in [2.75, 3.05) is 24.5 Å². The van der Waals surface area contributed by atoms with Crippen LogP contribution in [-0.4, -0.2) is 24.6 Å². The zero-order valence-corrected chi connectivity index (χ0v) is 11.3. The molecule has 0 bridgehead atoms. The van der Waals surface area contributed by atoms with Crippen molar-refractivity contribution >= 4 is 17.4 Å². The minimum Gasteiger partial charge on any atom is -0.355 e. The summed E-state index contributed by atoms with van der Waals surface area (Å²) in [7, 11) is 0. The van der Waals surface area contributed by atoms with Crippen LogP contribution < -0.4 is 10.2 Å². The van der Waals surface area contributed by atoms with Crippen LogP contribution in [0.15, 0.2) is 12.3 Å². The van der Waals surface area contributed by atoms with Crippen LogP contribution in [0.2, 0.25) is 5.02 Å². The van der Waals surface area contributed by atoms with Crippen molar-refractivity contribution in [3.63, 3.8) is 0 Å². The molecule has 1 atom stereocenters. The number of anilines is 1. The molecule has 0 saturated carbocycles. The second-order valence-electron chi connectivity index (χ2n) is 4.77. The summed E-state index contributed by atoms with van der Waals surface area (Å²) in [6, 6.07) is 2.02. The first-order chi connectivity index (χ1) is 8.20. The second-order valence-corrected chi connectivity index (χ2v) is 5.18. The topological polar surface area (TPSA) is 28.2 Å². The van der Waals surface area contributed by atoms with Gasteiger partial charge >= 0.3 is 0 Å². The largest absolute Gasteiger partial charge is 0.355 e. The van der Waals surface area contributed by atoms with E-state index in [9.17, 15) is 0 Å². The first kappa shape index (κ1) is 12.7. The number of nitrogens with zero attached hydrogens (tertiary/aromatic N) is 2. The Morgan fingerprint density at radius 1 is 1.59 bits per heavy atom. The molecule has 1 saturated heterocycles. The maximum Gasteiger partial charge on any atom is 0.147 e. The average molecular weight is 254 g/mol. The van der Waals surface area contributed by atoms with Gasteiger partial charge in [-0.15, -0.1) is 0 Å². The Morgan fingerprint density at radius 3 is 3.00 bits per heavy atom. The molecule has 1 fully saturated rings. The third kappa shape index (κ3) is 3.11. The van der Waals surface area contributed by atoms with Gasteiger partial charge in [0.1, 0.15) is 5.82 Å². The van der Waals surface area contributed by atoms with Gasteiger partial charge in [0.05, 0.1) is 5.02 Å². The van der Waals surface area contributed by atoms with Crippen molar-refractivity contribution < 1.29 is 0 Å². The van der Waals surface area contributed by atoms with Crippen LogP contribution in [-0.2, 0) is 6.54 Å². The Morgan fingerprint density at radius 2 is 2.41 bits per heavy atom. The highest BCUT2D eigenvalue weighted by atomic mass is 35.5. The van der Waals surface area contributed by atoms with E-state index in [-0.39, 0.29) is 0 Å². The average Bonchev–Trinajstić information content (AvgIpc) is 2.73. The van der Waals surface area contributed by atoms with Crippen molar-refractivity contribution in [1.29, 1.82) is 0 Å². The first-order valence-electron chi connectivity index (χ1n) is 6.30. The van der Waals surface area contributed by atoms with Gasteiger partial charge in [-0.1, -0.05) is 25.4 Å². The maximum absolute atomic E-state index is 6.30. The molecule has 4 heteroatoms. The van der Waals surface area contributed by atoms with Gasteiger partial charge in [0.25, 0.3) is 0 Å². The number of halogens is 1. The van der Waals surface area contributed by atoms with Gasteiger partial charge in [-0.05, 0) is 30.5 Å². The van der Waals surface area contributed by atoms with E-state index < -0.39 is 0 Å². The van der Waals surface area contributed by atoms with Crippen molar-refractivity contribution in [3.05, 3.63) is 22.8 Å². The highest BCUT2D eigenvalue weighted by Crippen LogP contribution is 2.28. The quantitative estimate of drug-likeness (QED) is 0.894. The number of hydrogen-bond donors (Lipinski definition) is 1. The Bertz CT molecular complexity index is 381. The molecule has 0 aliphatic carbocycles. The van der Waals surface area contributed by atoms with Gasteiger partial charge in [0.2, 0.25) is 0 Å². The van der Waals surface area contributed by atoms with Gasteiger partial charge < -0.3 is 10.2 Å². The molecule has 1 N–H and O–H groups in total. The molecular weight excluding hydrogens is 234 g/mol. The van der Waals surface area contributed by atoms with Crippen molar-refractivity contribution in [2.45, 2.75) is 26.8 Å². The molecule has 1 aromatic rings. The third-order valence-electron chi connectivity index (χ3n) is 3.18. The second kappa shape index (κ2) is 5.69. The van der Waals surface area contributed by atoms with E-state index in [4.69, 9.17) is 11.6 Å². The van der Waals surface area contributed by atoms with Crippen LogP contribution in [0.1, 0.15) is 25.8 Å². The molecule has 17 heavy (non-hydrogen) atoms. The van der Waals surface area contributed by atoms with E-state index in [1.54, 1.807) is 0 Å². The molecule has 0 aromatic carbocycles. The Hall–Kier alpha value is -0.800. The van der Waals surface area contributed by atoms with Crippen LogP contribution in [0.25, 0.3) is 0 Å². The summed E-state index contributed by atoms with van der Waals surface area (Å²) in [6.07, 6.45) is 3.16. The predicted molar refractivity (Wildman–Crippen MR) is 72.6 cm³/mol. The predicted octanol–water partition coefficient (Wildman–Crippen LogP) is 2.69. The van der Waals surface area contributed by atoms with Crippen LogP contribution in [0.5, 0.6) is 0 Å². The lowest BCUT2D eigenvalue weighted by Gasteiger charge is -2.18. The minimum atomic E-state index is 0.745. The van der Waals surface area contributed by atoms with Gasteiger partial charge in [0, 0.05) is 25.8 Å². The van der Waals surface area contributed by atoms with Crippen molar-refractivity contribution in [3.8, 4) is 0 Å². The Balaban J connectivity index is 2.08. The number of rotatable bonds is 4. The molecule has 0 spiro atoms. The Kier molecular flexibility index (Phi) is 4.24. The fourth-order valence-corrected chi connectivity index (χ4v) is 2.50. The Labute approximate surface area is 108 Å². The highest BCUT2D eigenvalue weighted by molar-refractivity contribution is 6.33. The van der Waals surface area contributed by atoms with Crippen molar-refractivity contribution in [1.82, 2.24) is 10.3 Å². The van der Waals surface area contributed by atoms with Gasteiger partial charge in [-0.3, -0.25) is 0 Å². The smallest absolute Gasteiger partial charge is 0.147 e. The fourth-order valence-electron chi connectivity index (χ4n) is 2.20. The van der Waals surface area contributed by atoms with E-state index in [2.05, 4.69) is 29.0 Å². The molecule has 1 aliphatic heterocycles. The number of pyridine rings is 1. The van der Waals surface area contributed by atoms with E-state index in [1.807, 2.05) is 12.3 Å². The fraction of sp³-hybridized carbons (Fsp3) is 0.615. The normalized spacial score (nSPS) is 19.9. The van der Waals surface area contributed by atoms with Crippen LogP contribution in [0.3, 0.4) is 0 Å². The number of aromatic nitrogens is 1. The van der Waals surface area contributed by atoms with E-state index in [1.165, 1.54) is 6.42 Å². The molecule has 1 aliphatic rings. The number of nitrogens with one attached hydrogen (secondary N) is 1. The molecule has 3 nitrogen and oxygen atoms in total. The lowest BCUT2D eigenvalue weighted by molar-refractivity contribution is 0.659. The summed E-state index contributed by atoms with van der Waals surface area (Å²) in [5, 5.41) is 4.05. The van der Waals surface area contributed by atoms with Crippen LogP contribution >= 0.6 is 11.6 Å². The zero-order valence-electron chi connectivity index (χ0n) is 10.5. The standard InChI is InChI=1S/C13H20ClN3/c1-3-15-7-11-6-12(14)13(16-8-11)17-5-4-10(2)9-17/h6,8,10,15H,3-5,7,9H2,1-2H3. The minimum absolute atomic E-state index is 0.745. The van der Waals surface area contributed by atoms with E-state index in [0.717, 1.165) is 48.5 Å². The molecule has 0 radical (unpaired) electrons. The van der Waals surface area contributed by atoms with Crippen LogP contribution in [0.4, 0.5) is 5.82 Å². The highest BCUT2D eigenvalue weighted by Gasteiger charge is 2.21. The molecule has 2 heterocycles. The van der Waals surface area contributed by atoms with E-state index in [0.29, 0.717) is 0 Å². The molecule has 94 valence electrons. The van der Waals surface area contributed by atoms with Crippen LogP contribution in [0, 0.1) is 5.92 Å². The summed E-state index contributed by atoms with van der Waals surface area (Å²) < 4.78 is 0. The monoisotopic (exact) mass is 253 g/mol.